The minimum Gasteiger partial charge on any atom is -0.480 e. The molecule has 19 heavy (non-hydrogen) atoms. The van der Waals surface area contributed by atoms with E-state index in [-0.39, 0.29) is 0 Å². The smallest absolute Gasteiger partial charge is 0.451 e. The third-order valence-corrected chi connectivity index (χ3v) is 2.65. The van der Waals surface area contributed by atoms with Crippen molar-refractivity contribution in [1.29, 1.82) is 0 Å². The van der Waals surface area contributed by atoms with Crippen LogP contribution in [0.3, 0.4) is 0 Å². The Labute approximate surface area is 105 Å². The molecular weight excluding hydrogens is 266 g/mol. The van der Waals surface area contributed by atoms with Gasteiger partial charge in [0.2, 0.25) is 6.04 Å². The van der Waals surface area contributed by atoms with Crippen molar-refractivity contribution in [2.75, 3.05) is 0 Å². The number of esters is 3. The monoisotopic (exact) mass is 275 g/mol. The minimum absolute atomic E-state index is 0.866. The zero-order valence-electron chi connectivity index (χ0n) is 9.32. The number of carboxylic acid groups (broad SMARTS) is 1. The summed E-state index contributed by atoms with van der Waals surface area (Å²) in [7, 11) is 0. The number of aliphatic hydroxyl groups is 1. The SMILES string of the molecule is NC(C(=O)O)C12OC(=O)CC(O)(CC(=O)O1)C(=O)O2. The van der Waals surface area contributed by atoms with Gasteiger partial charge in [-0.1, -0.05) is 0 Å². The molecule has 0 aromatic rings. The fourth-order valence-corrected chi connectivity index (χ4v) is 1.70. The lowest BCUT2D eigenvalue weighted by molar-refractivity contribution is -0.329. The van der Waals surface area contributed by atoms with Crippen LogP contribution < -0.4 is 5.73 Å². The van der Waals surface area contributed by atoms with E-state index in [0.29, 0.717) is 0 Å². The van der Waals surface area contributed by atoms with Gasteiger partial charge in [0.05, 0.1) is 12.8 Å². The summed E-state index contributed by atoms with van der Waals surface area (Å²) in [6, 6.07) is -2.15. The third-order valence-electron chi connectivity index (χ3n) is 2.65. The molecule has 10 heteroatoms. The van der Waals surface area contributed by atoms with Crippen LogP contribution in [-0.2, 0) is 33.4 Å². The zero-order chi connectivity index (χ0) is 14.4. The highest BCUT2D eigenvalue weighted by Gasteiger charge is 2.63. The molecule has 1 atom stereocenters. The van der Waals surface area contributed by atoms with Crippen molar-refractivity contribution in [3.8, 4) is 0 Å². The topological polar surface area (TPSA) is 162 Å². The summed E-state index contributed by atoms with van der Waals surface area (Å²) in [5.74, 6) is -8.42. The molecule has 0 aliphatic carbocycles. The Hall–Kier alpha value is -2.20. The molecule has 1 unspecified atom stereocenters. The van der Waals surface area contributed by atoms with Crippen molar-refractivity contribution < 1.29 is 43.6 Å². The molecule has 2 aliphatic heterocycles. The molecule has 2 heterocycles. The molecule has 2 fully saturated rings. The van der Waals surface area contributed by atoms with Gasteiger partial charge in [0.15, 0.2) is 5.60 Å². The fraction of sp³-hybridized carbons (Fsp3) is 0.556. The van der Waals surface area contributed by atoms with Gasteiger partial charge in [-0.3, -0.25) is 14.4 Å². The first-order valence-electron chi connectivity index (χ1n) is 5.06. The third kappa shape index (κ3) is 2.00. The number of hydrogen-bond donors (Lipinski definition) is 3. The van der Waals surface area contributed by atoms with Crippen molar-refractivity contribution in [3.05, 3.63) is 0 Å². The van der Waals surface area contributed by atoms with Crippen LogP contribution in [-0.4, -0.2) is 51.7 Å². The maximum atomic E-state index is 11.7. The number of rotatable bonds is 2. The van der Waals surface area contributed by atoms with Gasteiger partial charge in [-0.25, -0.2) is 4.79 Å². The Morgan fingerprint density at radius 3 is 2.05 bits per heavy atom. The number of aliphatic carboxylic acids is 1. The van der Waals surface area contributed by atoms with E-state index in [0.717, 1.165) is 0 Å². The first-order chi connectivity index (χ1) is 8.68. The maximum absolute atomic E-state index is 11.7. The Balaban J connectivity index is 2.53. The molecule has 0 aromatic heterocycles. The summed E-state index contributed by atoms with van der Waals surface area (Å²) >= 11 is 0. The first-order valence-corrected chi connectivity index (χ1v) is 5.06. The normalized spacial score (nSPS) is 35.6. The van der Waals surface area contributed by atoms with E-state index < -0.39 is 54.3 Å². The number of carbonyl (C=O) groups is 4. The minimum atomic E-state index is -2.90. The van der Waals surface area contributed by atoms with Crippen molar-refractivity contribution in [3.63, 3.8) is 0 Å². The van der Waals surface area contributed by atoms with Crippen molar-refractivity contribution in [1.82, 2.24) is 0 Å². The number of fused-ring (bicyclic) bond motifs is 3. The quantitative estimate of drug-likeness (QED) is 0.449. The van der Waals surface area contributed by atoms with Crippen LogP contribution in [0.25, 0.3) is 0 Å². The average Bonchev–Trinajstić information content (AvgIpc) is 2.38. The second-order valence-corrected chi connectivity index (χ2v) is 4.14. The van der Waals surface area contributed by atoms with Gasteiger partial charge < -0.3 is 30.2 Å². The molecule has 2 saturated heterocycles. The molecule has 0 spiro atoms. The Bertz CT molecular complexity index is 464. The molecule has 0 radical (unpaired) electrons. The molecule has 2 bridgehead atoms. The lowest BCUT2D eigenvalue weighted by atomic mass is 9.96. The average molecular weight is 275 g/mol. The number of carboxylic acids is 1. The summed E-state index contributed by atoms with van der Waals surface area (Å²) < 4.78 is 13.5. The van der Waals surface area contributed by atoms with E-state index in [9.17, 15) is 24.3 Å². The van der Waals surface area contributed by atoms with Crippen LogP contribution >= 0.6 is 0 Å². The van der Waals surface area contributed by atoms with Gasteiger partial charge in [-0.15, -0.1) is 0 Å². The van der Waals surface area contributed by atoms with Gasteiger partial charge in [0.25, 0.3) is 0 Å². The summed E-state index contributed by atoms with van der Waals surface area (Å²) in [6.07, 6.45) is -1.73. The highest BCUT2D eigenvalue weighted by atomic mass is 16.9. The van der Waals surface area contributed by atoms with Crippen molar-refractivity contribution >= 4 is 23.9 Å². The van der Waals surface area contributed by atoms with Crippen molar-refractivity contribution in [2.45, 2.75) is 30.5 Å². The van der Waals surface area contributed by atoms with Crippen LogP contribution in [0, 0.1) is 0 Å². The molecule has 0 amide bonds. The van der Waals surface area contributed by atoms with Gasteiger partial charge in [0.1, 0.15) is 0 Å². The lowest BCUT2D eigenvalue weighted by Gasteiger charge is -2.30. The summed E-state index contributed by atoms with van der Waals surface area (Å²) in [4.78, 5) is 45.4. The van der Waals surface area contributed by atoms with Crippen LogP contribution in [0.15, 0.2) is 0 Å². The van der Waals surface area contributed by atoms with E-state index in [1.807, 2.05) is 0 Å². The predicted molar refractivity (Wildman–Crippen MR) is 50.8 cm³/mol. The zero-order valence-corrected chi connectivity index (χ0v) is 9.32. The molecule has 2 rings (SSSR count). The van der Waals surface area contributed by atoms with Gasteiger partial charge in [-0.05, 0) is 0 Å². The summed E-state index contributed by atoms with van der Waals surface area (Å²) in [5, 5.41) is 18.7. The molecule has 10 nitrogen and oxygen atoms in total. The number of hydrogen-bond acceptors (Lipinski definition) is 9. The lowest BCUT2D eigenvalue weighted by Crippen LogP contribution is -2.59. The standard InChI is InChI=1S/C9H9NO9/c10-5(6(13)14)9-17-3(11)1-8(16,7(15)19-9)2-4(12)18-9/h5,16H,1-2,10H2,(H,13,14). The van der Waals surface area contributed by atoms with E-state index in [4.69, 9.17) is 10.8 Å². The second-order valence-electron chi connectivity index (χ2n) is 4.14. The molecule has 0 saturated carbocycles. The molecule has 104 valence electrons. The predicted octanol–water partition coefficient (Wildman–Crippen LogP) is -2.78. The molecular formula is C9H9NO9. The van der Waals surface area contributed by atoms with Crippen LogP contribution in [0.1, 0.15) is 12.8 Å². The second kappa shape index (κ2) is 3.90. The van der Waals surface area contributed by atoms with Crippen LogP contribution in [0.4, 0.5) is 0 Å². The molecule has 2 aliphatic rings. The largest absolute Gasteiger partial charge is 0.480 e. The van der Waals surface area contributed by atoms with Crippen molar-refractivity contribution in [2.24, 2.45) is 5.73 Å². The number of ether oxygens (including phenoxy) is 3. The van der Waals surface area contributed by atoms with Gasteiger partial charge in [-0.2, -0.15) is 0 Å². The van der Waals surface area contributed by atoms with Crippen LogP contribution in [0.2, 0.25) is 0 Å². The van der Waals surface area contributed by atoms with E-state index in [1.54, 1.807) is 0 Å². The highest BCUT2D eigenvalue weighted by molar-refractivity contribution is 5.93. The van der Waals surface area contributed by atoms with E-state index in [2.05, 4.69) is 14.2 Å². The Kier molecular flexibility index (Phi) is 2.72. The summed E-state index contributed by atoms with van der Waals surface area (Å²) in [6.45, 7) is 0. The van der Waals surface area contributed by atoms with E-state index >= 15 is 0 Å². The number of nitrogens with two attached hydrogens (primary N) is 1. The van der Waals surface area contributed by atoms with Gasteiger partial charge >= 0.3 is 29.9 Å². The van der Waals surface area contributed by atoms with Gasteiger partial charge in [0, 0.05) is 0 Å². The summed E-state index contributed by atoms with van der Waals surface area (Å²) in [5.41, 5.74) is 2.76. The number of carbonyl (C=O) groups excluding carboxylic acids is 3. The highest BCUT2D eigenvalue weighted by Crippen LogP contribution is 2.35. The van der Waals surface area contributed by atoms with Crippen LogP contribution in [0.5, 0.6) is 0 Å². The first kappa shape index (κ1) is 13.2. The maximum Gasteiger partial charge on any atom is 0.451 e. The molecule has 4 N–H and O–H groups in total. The molecule has 0 aromatic carbocycles. The Morgan fingerprint density at radius 2 is 1.63 bits per heavy atom. The fourth-order valence-electron chi connectivity index (χ4n) is 1.70. The Morgan fingerprint density at radius 1 is 1.16 bits per heavy atom. The van der Waals surface area contributed by atoms with E-state index in [1.165, 1.54) is 0 Å².